The van der Waals surface area contributed by atoms with Crippen LogP contribution in [0.5, 0.6) is 5.75 Å². The van der Waals surface area contributed by atoms with Gasteiger partial charge in [0, 0.05) is 19.0 Å². The summed E-state index contributed by atoms with van der Waals surface area (Å²) in [5, 5.41) is 1.85. The molecule has 6 heteroatoms. The van der Waals surface area contributed by atoms with Crippen molar-refractivity contribution in [3.63, 3.8) is 0 Å². The Balaban J connectivity index is 2.86. The van der Waals surface area contributed by atoms with Crippen molar-refractivity contribution in [3.8, 4) is 5.75 Å². The molecule has 0 atom stereocenters. The Hall–Kier alpha value is -1.14. The Kier molecular flexibility index (Phi) is 5.55. The predicted octanol–water partition coefficient (Wildman–Crippen LogP) is 2.28. The largest absolute Gasteiger partial charge is 0.495 e. The van der Waals surface area contributed by atoms with Crippen LogP contribution in [0.25, 0.3) is 0 Å². The van der Waals surface area contributed by atoms with Crippen LogP contribution in [-0.2, 0) is 0 Å². The smallest absolute Gasteiger partial charge is 0.267 e. The summed E-state index contributed by atoms with van der Waals surface area (Å²) < 4.78 is 5.17. The molecule has 1 aromatic rings. The molecule has 1 amide bonds. The van der Waals surface area contributed by atoms with Gasteiger partial charge in [-0.15, -0.1) is 11.3 Å². The van der Waals surface area contributed by atoms with Crippen molar-refractivity contribution in [3.05, 3.63) is 16.3 Å². The minimum absolute atomic E-state index is 0.0342. The van der Waals surface area contributed by atoms with Crippen molar-refractivity contribution in [1.29, 1.82) is 0 Å². The van der Waals surface area contributed by atoms with Gasteiger partial charge in [-0.1, -0.05) is 12.2 Å². The molecule has 0 saturated carbocycles. The Bertz CT molecular complexity index is 429. The van der Waals surface area contributed by atoms with E-state index in [1.165, 1.54) is 11.3 Å². The van der Waals surface area contributed by atoms with Crippen LogP contribution in [0.1, 0.15) is 29.9 Å². The molecule has 1 aromatic heterocycles. The van der Waals surface area contributed by atoms with Gasteiger partial charge in [-0.3, -0.25) is 4.79 Å². The number of hydrogen-bond donors (Lipinski definition) is 1. The van der Waals surface area contributed by atoms with Crippen molar-refractivity contribution in [2.75, 3.05) is 13.7 Å². The number of thiophene rings is 1. The van der Waals surface area contributed by atoms with Crippen molar-refractivity contribution < 1.29 is 9.53 Å². The molecule has 2 N–H and O–H groups in total. The molecule has 0 aliphatic heterocycles. The lowest BCUT2D eigenvalue weighted by molar-refractivity contribution is 0.0713. The fourth-order valence-electron chi connectivity index (χ4n) is 1.57. The summed E-state index contributed by atoms with van der Waals surface area (Å²) in [7, 11) is 1.56. The molecule has 0 unspecified atom stereocenters. The highest BCUT2D eigenvalue weighted by Gasteiger charge is 2.22. The number of nitrogens with two attached hydrogens (primary N) is 1. The van der Waals surface area contributed by atoms with Gasteiger partial charge in [0.15, 0.2) is 0 Å². The van der Waals surface area contributed by atoms with Crippen LogP contribution in [0.3, 0.4) is 0 Å². The van der Waals surface area contributed by atoms with Crippen LogP contribution in [0, 0.1) is 0 Å². The third kappa shape index (κ3) is 3.68. The number of nitrogens with zero attached hydrogens (tertiary/aromatic N) is 1. The van der Waals surface area contributed by atoms with Gasteiger partial charge in [0.1, 0.15) is 10.6 Å². The van der Waals surface area contributed by atoms with Crippen molar-refractivity contribution in [1.82, 2.24) is 4.90 Å². The van der Waals surface area contributed by atoms with Crippen molar-refractivity contribution in [2.45, 2.75) is 26.3 Å². The Labute approximate surface area is 117 Å². The van der Waals surface area contributed by atoms with Crippen LogP contribution in [0.2, 0.25) is 0 Å². The number of carbonyl (C=O) groups excluding carboxylic acids is 1. The second kappa shape index (κ2) is 6.70. The lowest BCUT2D eigenvalue weighted by Gasteiger charge is -2.26. The minimum Gasteiger partial charge on any atom is -0.495 e. The van der Waals surface area contributed by atoms with Gasteiger partial charge in [0.05, 0.1) is 12.1 Å². The zero-order chi connectivity index (χ0) is 13.7. The zero-order valence-electron chi connectivity index (χ0n) is 10.8. The van der Waals surface area contributed by atoms with E-state index < -0.39 is 0 Å². The maximum absolute atomic E-state index is 12.4. The van der Waals surface area contributed by atoms with Gasteiger partial charge in [-0.05, 0) is 25.3 Å². The Morgan fingerprint density at radius 1 is 1.61 bits per heavy atom. The summed E-state index contributed by atoms with van der Waals surface area (Å²) in [5.74, 6) is 0.582. The van der Waals surface area contributed by atoms with Crippen molar-refractivity contribution >= 4 is 34.5 Å². The number of rotatable bonds is 6. The molecule has 0 aromatic carbocycles. The van der Waals surface area contributed by atoms with Crippen LogP contribution in [-0.4, -0.2) is 35.5 Å². The number of amides is 1. The molecule has 0 bridgehead atoms. The predicted molar refractivity (Wildman–Crippen MR) is 78.4 cm³/mol. The van der Waals surface area contributed by atoms with Crippen LogP contribution < -0.4 is 10.5 Å². The van der Waals surface area contributed by atoms with E-state index in [-0.39, 0.29) is 11.9 Å². The van der Waals surface area contributed by atoms with Crippen LogP contribution >= 0.6 is 23.6 Å². The number of carbonyl (C=O) groups is 1. The minimum atomic E-state index is -0.0342. The van der Waals surface area contributed by atoms with Gasteiger partial charge in [-0.2, -0.15) is 0 Å². The SMILES string of the molecule is COc1ccsc1C(=O)N(CCC(N)=S)C(C)C. The van der Waals surface area contributed by atoms with Crippen LogP contribution in [0.4, 0.5) is 0 Å². The molecular formula is C12H18N2O2S2. The van der Waals surface area contributed by atoms with Gasteiger partial charge in [0.2, 0.25) is 0 Å². The first-order valence-electron chi connectivity index (χ1n) is 5.68. The second-order valence-corrected chi connectivity index (χ2v) is 5.57. The summed E-state index contributed by atoms with van der Waals surface area (Å²) in [5.41, 5.74) is 5.49. The Morgan fingerprint density at radius 2 is 2.28 bits per heavy atom. The molecule has 1 heterocycles. The highest BCUT2D eigenvalue weighted by Crippen LogP contribution is 2.26. The Morgan fingerprint density at radius 3 is 2.78 bits per heavy atom. The van der Waals surface area contributed by atoms with Gasteiger partial charge in [-0.25, -0.2) is 0 Å². The lowest BCUT2D eigenvalue weighted by atomic mass is 10.2. The number of ether oxygens (including phenoxy) is 1. The summed E-state index contributed by atoms with van der Waals surface area (Å²) in [6, 6.07) is 1.89. The first kappa shape index (κ1) is 14.9. The van der Waals surface area contributed by atoms with Gasteiger partial charge < -0.3 is 15.4 Å². The maximum atomic E-state index is 12.4. The average Bonchev–Trinajstić information content (AvgIpc) is 2.75. The summed E-state index contributed by atoms with van der Waals surface area (Å²) in [6.45, 7) is 4.47. The van der Waals surface area contributed by atoms with Gasteiger partial charge >= 0.3 is 0 Å². The monoisotopic (exact) mass is 286 g/mol. The standard InChI is InChI=1S/C12H18N2O2S2/c1-8(2)14(6-4-10(13)17)12(15)11-9(16-3)5-7-18-11/h5,7-8H,4,6H2,1-3H3,(H2,13,17). The summed E-state index contributed by atoms with van der Waals surface area (Å²) in [4.78, 5) is 15.2. The van der Waals surface area contributed by atoms with E-state index in [4.69, 9.17) is 22.7 Å². The molecule has 18 heavy (non-hydrogen) atoms. The molecule has 0 aliphatic rings. The molecule has 0 saturated heterocycles. The normalized spacial score (nSPS) is 10.4. The molecule has 0 radical (unpaired) electrons. The third-order valence-corrected chi connectivity index (χ3v) is 3.61. The lowest BCUT2D eigenvalue weighted by Crippen LogP contribution is -2.38. The molecule has 100 valence electrons. The summed E-state index contributed by atoms with van der Waals surface area (Å²) in [6.07, 6.45) is 0.535. The van der Waals surface area contributed by atoms with E-state index in [1.807, 2.05) is 19.2 Å². The van der Waals surface area contributed by atoms with E-state index in [9.17, 15) is 4.79 Å². The van der Waals surface area contributed by atoms with Gasteiger partial charge in [0.25, 0.3) is 5.91 Å². The van der Waals surface area contributed by atoms with E-state index in [1.54, 1.807) is 18.1 Å². The first-order valence-corrected chi connectivity index (χ1v) is 6.97. The maximum Gasteiger partial charge on any atom is 0.267 e. The molecule has 0 spiro atoms. The fraction of sp³-hybridized carbons (Fsp3) is 0.500. The molecule has 4 nitrogen and oxygen atoms in total. The van der Waals surface area contributed by atoms with Crippen molar-refractivity contribution in [2.24, 2.45) is 5.73 Å². The van der Waals surface area contributed by atoms with E-state index in [0.717, 1.165) is 0 Å². The highest BCUT2D eigenvalue weighted by molar-refractivity contribution is 7.80. The van der Waals surface area contributed by atoms with E-state index in [2.05, 4.69) is 0 Å². The summed E-state index contributed by atoms with van der Waals surface area (Å²) >= 11 is 6.24. The molecule has 1 rings (SSSR count). The van der Waals surface area contributed by atoms with E-state index in [0.29, 0.717) is 28.6 Å². The number of methoxy groups -OCH3 is 1. The quantitative estimate of drug-likeness (QED) is 0.815. The van der Waals surface area contributed by atoms with E-state index >= 15 is 0 Å². The molecule has 0 aliphatic carbocycles. The number of hydrogen-bond acceptors (Lipinski definition) is 4. The first-order chi connectivity index (χ1) is 8.47. The highest BCUT2D eigenvalue weighted by atomic mass is 32.1. The molecular weight excluding hydrogens is 268 g/mol. The number of thiocarbonyl (C=S) groups is 1. The molecule has 0 fully saturated rings. The topological polar surface area (TPSA) is 55.6 Å². The average molecular weight is 286 g/mol. The fourth-order valence-corrected chi connectivity index (χ4v) is 2.47. The third-order valence-electron chi connectivity index (χ3n) is 2.53. The van der Waals surface area contributed by atoms with Crippen LogP contribution in [0.15, 0.2) is 11.4 Å². The second-order valence-electron chi connectivity index (χ2n) is 4.13. The zero-order valence-corrected chi connectivity index (χ0v) is 12.4.